The number of aromatic nitrogens is 3. The van der Waals surface area contributed by atoms with E-state index in [1.54, 1.807) is 18.6 Å². The zero-order valence-corrected chi connectivity index (χ0v) is 10.1. The Morgan fingerprint density at radius 3 is 2.56 bits per heavy atom. The van der Waals surface area contributed by atoms with Crippen LogP contribution < -0.4 is 5.73 Å². The lowest BCUT2D eigenvalue weighted by molar-refractivity contribution is 0.698. The highest BCUT2D eigenvalue weighted by molar-refractivity contribution is 9.10. The molecule has 2 aromatic rings. The molecule has 16 heavy (non-hydrogen) atoms. The Morgan fingerprint density at radius 1 is 1.19 bits per heavy atom. The van der Waals surface area contributed by atoms with Gasteiger partial charge >= 0.3 is 0 Å². The lowest BCUT2D eigenvalue weighted by Gasteiger charge is -2.10. The molecule has 1 atom stereocenters. The van der Waals surface area contributed by atoms with Crippen LogP contribution in [0.5, 0.6) is 0 Å². The molecule has 0 spiro atoms. The Bertz CT molecular complexity index is 443. The van der Waals surface area contributed by atoms with Crippen LogP contribution >= 0.6 is 15.9 Å². The summed E-state index contributed by atoms with van der Waals surface area (Å²) in [6.45, 7) is 0. The van der Waals surface area contributed by atoms with Crippen LogP contribution in [-0.2, 0) is 6.42 Å². The van der Waals surface area contributed by atoms with Crippen LogP contribution in [0.4, 0.5) is 0 Å². The van der Waals surface area contributed by atoms with E-state index in [0.717, 1.165) is 15.7 Å². The largest absolute Gasteiger partial charge is 0.324 e. The zero-order valence-electron chi connectivity index (χ0n) is 8.55. The van der Waals surface area contributed by atoms with Crippen LogP contribution in [0.1, 0.15) is 17.3 Å². The molecule has 0 radical (unpaired) electrons. The Morgan fingerprint density at radius 2 is 1.94 bits per heavy atom. The third kappa shape index (κ3) is 2.84. The number of nitrogens with zero attached hydrogens (tertiary/aromatic N) is 3. The fourth-order valence-electron chi connectivity index (χ4n) is 1.37. The van der Waals surface area contributed by atoms with Crippen molar-refractivity contribution in [3.05, 3.63) is 52.8 Å². The molecule has 0 saturated heterocycles. The van der Waals surface area contributed by atoms with Gasteiger partial charge in [-0.3, -0.25) is 4.98 Å². The van der Waals surface area contributed by atoms with E-state index in [1.165, 1.54) is 6.33 Å². The fourth-order valence-corrected chi connectivity index (χ4v) is 1.61. The minimum absolute atomic E-state index is 0.116. The topological polar surface area (TPSA) is 64.7 Å². The molecule has 0 amide bonds. The average Bonchev–Trinajstić information content (AvgIpc) is 2.33. The Balaban J connectivity index is 2.08. The van der Waals surface area contributed by atoms with Gasteiger partial charge in [0.05, 0.1) is 0 Å². The monoisotopic (exact) mass is 278 g/mol. The summed E-state index contributed by atoms with van der Waals surface area (Å²) in [6.07, 6.45) is 7.41. The standard InChI is InChI=1S/C11H11BrN4/c12-9-1-2-10(16-6-9)3-11(13)8-4-14-7-15-5-8/h1-2,4-7,11H,3,13H2. The summed E-state index contributed by atoms with van der Waals surface area (Å²) in [5, 5.41) is 0. The van der Waals surface area contributed by atoms with Gasteiger partial charge in [0.2, 0.25) is 0 Å². The molecule has 2 rings (SSSR count). The van der Waals surface area contributed by atoms with E-state index in [9.17, 15) is 0 Å². The highest BCUT2D eigenvalue weighted by Crippen LogP contribution is 2.14. The molecule has 4 nitrogen and oxygen atoms in total. The van der Waals surface area contributed by atoms with Gasteiger partial charge in [-0.25, -0.2) is 9.97 Å². The molecule has 5 heteroatoms. The van der Waals surface area contributed by atoms with E-state index >= 15 is 0 Å². The van der Waals surface area contributed by atoms with Crippen molar-refractivity contribution in [1.29, 1.82) is 0 Å². The average molecular weight is 279 g/mol. The van der Waals surface area contributed by atoms with Crippen LogP contribution in [0, 0.1) is 0 Å². The summed E-state index contributed by atoms with van der Waals surface area (Å²) in [7, 11) is 0. The summed E-state index contributed by atoms with van der Waals surface area (Å²) >= 11 is 3.34. The number of rotatable bonds is 3. The molecule has 0 fully saturated rings. The summed E-state index contributed by atoms with van der Waals surface area (Å²) in [5.74, 6) is 0. The smallest absolute Gasteiger partial charge is 0.115 e. The van der Waals surface area contributed by atoms with Gasteiger partial charge < -0.3 is 5.73 Å². The minimum Gasteiger partial charge on any atom is -0.324 e. The molecule has 0 aliphatic rings. The third-order valence-corrected chi connectivity index (χ3v) is 2.70. The first-order valence-corrected chi connectivity index (χ1v) is 5.66. The van der Waals surface area contributed by atoms with Gasteiger partial charge in [-0.2, -0.15) is 0 Å². The predicted octanol–water partition coefficient (Wildman–Crippen LogP) is 1.88. The highest BCUT2D eigenvalue weighted by Gasteiger charge is 2.08. The maximum Gasteiger partial charge on any atom is 0.115 e. The summed E-state index contributed by atoms with van der Waals surface area (Å²) in [5.41, 5.74) is 7.91. The Kier molecular flexibility index (Phi) is 3.58. The molecule has 0 aliphatic carbocycles. The van der Waals surface area contributed by atoms with Crippen molar-refractivity contribution in [2.45, 2.75) is 12.5 Å². The molecular weight excluding hydrogens is 268 g/mol. The SMILES string of the molecule is NC(Cc1ccc(Br)cn1)c1cncnc1. The number of halogens is 1. The van der Waals surface area contributed by atoms with Crippen LogP contribution in [0.25, 0.3) is 0 Å². The van der Waals surface area contributed by atoms with Crippen molar-refractivity contribution >= 4 is 15.9 Å². The molecule has 0 saturated carbocycles. The lowest BCUT2D eigenvalue weighted by atomic mass is 10.1. The van der Waals surface area contributed by atoms with Gasteiger partial charge in [0.25, 0.3) is 0 Å². The minimum atomic E-state index is -0.116. The van der Waals surface area contributed by atoms with Gasteiger partial charge in [-0.05, 0) is 28.1 Å². The van der Waals surface area contributed by atoms with E-state index in [4.69, 9.17) is 5.73 Å². The van der Waals surface area contributed by atoms with Gasteiger partial charge in [-0.1, -0.05) is 0 Å². The number of hydrogen-bond donors (Lipinski definition) is 1. The number of pyridine rings is 1. The molecule has 2 heterocycles. The quantitative estimate of drug-likeness (QED) is 0.931. The van der Waals surface area contributed by atoms with Crippen molar-refractivity contribution in [1.82, 2.24) is 15.0 Å². The van der Waals surface area contributed by atoms with Crippen molar-refractivity contribution in [2.24, 2.45) is 5.73 Å². The van der Waals surface area contributed by atoms with E-state index in [2.05, 4.69) is 30.9 Å². The highest BCUT2D eigenvalue weighted by atomic mass is 79.9. The second-order valence-corrected chi connectivity index (χ2v) is 4.37. The lowest BCUT2D eigenvalue weighted by Crippen LogP contribution is -2.14. The van der Waals surface area contributed by atoms with E-state index in [-0.39, 0.29) is 6.04 Å². The summed E-state index contributed by atoms with van der Waals surface area (Å²) in [4.78, 5) is 12.2. The Labute approximate surface area is 102 Å². The van der Waals surface area contributed by atoms with Crippen molar-refractivity contribution < 1.29 is 0 Å². The molecular formula is C11H11BrN4. The first-order chi connectivity index (χ1) is 7.75. The molecule has 0 aliphatic heterocycles. The van der Waals surface area contributed by atoms with E-state index in [0.29, 0.717) is 6.42 Å². The normalized spacial score (nSPS) is 12.4. The Hall–Kier alpha value is -1.33. The fraction of sp³-hybridized carbons (Fsp3) is 0.182. The van der Waals surface area contributed by atoms with Gasteiger partial charge in [0.1, 0.15) is 6.33 Å². The van der Waals surface area contributed by atoms with Crippen molar-refractivity contribution in [2.75, 3.05) is 0 Å². The van der Waals surface area contributed by atoms with Crippen LogP contribution in [-0.4, -0.2) is 15.0 Å². The number of hydrogen-bond acceptors (Lipinski definition) is 4. The zero-order chi connectivity index (χ0) is 11.4. The second-order valence-electron chi connectivity index (χ2n) is 3.45. The maximum absolute atomic E-state index is 6.03. The molecule has 2 N–H and O–H groups in total. The van der Waals surface area contributed by atoms with Gasteiger partial charge in [0.15, 0.2) is 0 Å². The molecule has 1 unspecified atom stereocenters. The third-order valence-electron chi connectivity index (χ3n) is 2.23. The molecule has 0 bridgehead atoms. The van der Waals surface area contributed by atoms with E-state index < -0.39 is 0 Å². The van der Waals surface area contributed by atoms with E-state index in [1.807, 2.05) is 12.1 Å². The van der Waals surface area contributed by atoms with Crippen LogP contribution in [0.15, 0.2) is 41.5 Å². The first kappa shape index (κ1) is 11.2. The summed E-state index contributed by atoms with van der Waals surface area (Å²) in [6, 6.07) is 3.79. The molecule has 2 aromatic heterocycles. The maximum atomic E-state index is 6.03. The summed E-state index contributed by atoms with van der Waals surface area (Å²) < 4.78 is 0.966. The van der Waals surface area contributed by atoms with Gasteiger partial charge in [0, 0.05) is 46.8 Å². The van der Waals surface area contributed by atoms with Gasteiger partial charge in [-0.15, -0.1) is 0 Å². The second kappa shape index (κ2) is 5.14. The molecule has 82 valence electrons. The first-order valence-electron chi connectivity index (χ1n) is 4.86. The van der Waals surface area contributed by atoms with Crippen LogP contribution in [0.3, 0.4) is 0 Å². The molecule has 0 aromatic carbocycles. The predicted molar refractivity (Wildman–Crippen MR) is 64.6 cm³/mol. The van der Waals surface area contributed by atoms with Crippen molar-refractivity contribution in [3.8, 4) is 0 Å². The number of nitrogens with two attached hydrogens (primary N) is 1. The van der Waals surface area contributed by atoms with Crippen LogP contribution in [0.2, 0.25) is 0 Å². The van der Waals surface area contributed by atoms with Crippen molar-refractivity contribution in [3.63, 3.8) is 0 Å².